The Morgan fingerprint density at radius 3 is 2.42 bits per heavy atom. The summed E-state index contributed by atoms with van der Waals surface area (Å²) in [5, 5.41) is 11.3. The van der Waals surface area contributed by atoms with Gasteiger partial charge in [0.1, 0.15) is 11.5 Å². The van der Waals surface area contributed by atoms with Crippen LogP contribution in [0.2, 0.25) is 0 Å². The van der Waals surface area contributed by atoms with E-state index in [1.165, 1.54) is 12.0 Å². The second-order valence-corrected chi connectivity index (χ2v) is 8.31. The lowest BCUT2D eigenvalue weighted by Crippen LogP contribution is -2.29. The summed E-state index contributed by atoms with van der Waals surface area (Å²) in [6.45, 7) is 4.40. The van der Waals surface area contributed by atoms with E-state index in [9.17, 15) is 14.7 Å². The van der Waals surface area contributed by atoms with Crippen molar-refractivity contribution >= 4 is 17.4 Å². The van der Waals surface area contributed by atoms with Crippen LogP contribution in [0.1, 0.15) is 48.1 Å². The number of aromatic nitrogens is 1. The molecular weight excluding hydrogens is 416 g/mol. The molecular formula is C27H26N2O4. The topological polar surface area (TPSA) is 79.7 Å². The summed E-state index contributed by atoms with van der Waals surface area (Å²) in [7, 11) is 1.50. The molecule has 0 aliphatic carbocycles. The van der Waals surface area contributed by atoms with Gasteiger partial charge in [-0.15, -0.1) is 0 Å². The summed E-state index contributed by atoms with van der Waals surface area (Å²) in [6, 6.07) is 17.6. The van der Waals surface area contributed by atoms with Crippen LogP contribution in [0, 0.1) is 0 Å². The Bertz CT molecular complexity index is 1200. The van der Waals surface area contributed by atoms with Crippen molar-refractivity contribution in [2.45, 2.75) is 32.4 Å². The van der Waals surface area contributed by atoms with Gasteiger partial charge >= 0.3 is 0 Å². The van der Waals surface area contributed by atoms with Crippen LogP contribution in [0.5, 0.6) is 5.75 Å². The standard InChI is InChI=1S/C27H26N2O4/c1-17(2)19-10-12-20(13-11-19)24-23(25(30)21-8-4-5-9-22(21)33-3)26(31)27(32)29(24)16-18-7-6-14-28-15-18/h4-15,17,24,30H,16H2,1-3H3/b25-23+. The number of para-hydroxylation sites is 1. The molecule has 1 aliphatic heterocycles. The third-order valence-electron chi connectivity index (χ3n) is 5.90. The van der Waals surface area contributed by atoms with Gasteiger partial charge in [0.2, 0.25) is 0 Å². The molecule has 1 aromatic heterocycles. The fourth-order valence-electron chi connectivity index (χ4n) is 4.13. The van der Waals surface area contributed by atoms with Crippen LogP contribution in [-0.4, -0.2) is 33.8 Å². The van der Waals surface area contributed by atoms with E-state index in [-0.39, 0.29) is 17.9 Å². The van der Waals surface area contributed by atoms with E-state index in [1.807, 2.05) is 30.3 Å². The molecule has 1 aliphatic rings. The van der Waals surface area contributed by atoms with Crippen molar-refractivity contribution in [3.63, 3.8) is 0 Å². The highest BCUT2D eigenvalue weighted by molar-refractivity contribution is 6.46. The highest BCUT2D eigenvalue weighted by Crippen LogP contribution is 2.41. The molecule has 1 fully saturated rings. The van der Waals surface area contributed by atoms with Gasteiger partial charge in [-0.2, -0.15) is 0 Å². The molecule has 0 radical (unpaired) electrons. The van der Waals surface area contributed by atoms with Crippen LogP contribution in [-0.2, 0) is 16.1 Å². The van der Waals surface area contributed by atoms with E-state index < -0.39 is 17.7 Å². The number of benzene rings is 2. The summed E-state index contributed by atoms with van der Waals surface area (Å²) in [6.07, 6.45) is 3.32. The van der Waals surface area contributed by atoms with Gasteiger partial charge in [-0.3, -0.25) is 14.6 Å². The molecule has 33 heavy (non-hydrogen) atoms. The van der Waals surface area contributed by atoms with E-state index in [2.05, 4.69) is 18.8 Å². The maximum Gasteiger partial charge on any atom is 0.295 e. The predicted octanol–water partition coefficient (Wildman–Crippen LogP) is 4.84. The normalized spacial score (nSPS) is 17.6. The van der Waals surface area contributed by atoms with E-state index in [0.717, 1.165) is 16.7 Å². The van der Waals surface area contributed by atoms with Crippen LogP contribution in [0.25, 0.3) is 5.76 Å². The number of aliphatic hydroxyl groups excluding tert-OH is 1. The van der Waals surface area contributed by atoms with Gasteiger partial charge in [0.15, 0.2) is 0 Å². The summed E-state index contributed by atoms with van der Waals surface area (Å²) < 4.78 is 5.38. The van der Waals surface area contributed by atoms with Gasteiger partial charge in [0.25, 0.3) is 11.7 Å². The second kappa shape index (κ2) is 9.28. The number of Topliss-reactive ketones (excluding diaryl/α,β-unsaturated/α-hetero) is 1. The Morgan fingerprint density at radius 2 is 1.79 bits per heavy atom. The SMILES string of the molecule is COc1ccccc1/C(O)=C1\C(=O)C(=O)N(Cc2cccnc2)C1c1ccc(C(C)C)cc1. The lowest BCUT2D eigenvalue weighted by molar-refractivity contribution is -0.140. The van der Waals surface area contributed by atoms with Crippen molar-refractivity contribution in [2.24, 2.45) is 0 Å². The molecule has 6 nitrogen and oxygen atoms in total. The molecule has 2 heterocycles. The number of nitrogens with zero attached hydrogens (tertiary/aromatic N) is 2. The van der Waals surface area contributed by atoms with E-state index in [0.29, 0.717) is 17.2 Å². The fourth-order valence-corrected chi connectivity index (χ4v) is 4.13. The molecule has 3 aromatic rings. The van der Waals surface area contributed by atoms with Crippen molar-refractivity contribution < 1.29 is 19.4 Å². The average Bonchev–Trinajstić information content (AvgIpc) is 3.09. The maximum atomic E-state index is 13.2. The van der Waals surface area contributed by atoms with Gasteiger partial charge in [-0.05, 0) is 40.8 Å². The van der Waals surface area contributed by atoms with E-state index >= 15 is 0 Å². The molecule has 1 saturated heterocycles. The van der Waals surface area contributed by atoms with Crippen molar-refractivity contribution in [1.82, 2.24) is 9.88 Å². The number of rotatable bonds is 6. The molecule has 0 saturated carbocycles. The fraction of sp³-hybridized carbons (Fsp3) is 0.222. The first kappa shape index (κ1) is 22.3. The van der Waals surface area contributed by atoms with Crippen molar-refractivity contribution in [1.29, 1.82) is 0 Å². The zero-order valence-corrected chi connectivity index (χ0v) is 18.9. The Hall–Kier alpha value is -3.93. The van der Waals surface area contributed by atoms with Crippen molar-refractivity contribution in [3.8, 4) is 5.75 Å². The molecule has 0 spiro atoms. The Balaban J connectivity index is 1.88. The van der Waals surface area contributed by atoms with Gasteiger partial charge in [0, 0.05) is 18.9 Å². The molecule has 168 valence electrons. The minimum absolute atomic E-state index is 0.0469. The number of pyridine rings is 1. The Morgan fingerprint density at radius 1 is 1.06 bits per heavy atom. The minimum Gasteiger partial charge on any atom is -0.507 e. The number of hydrogen-bond donors (Lipinski definition) is 1. The summed E-state index contributed by atoms with van der Waals surface area (Å²) in [5.41, 5.74) is 3.10. The zero-order chi connectivity index (χ0) is 23.5. The molecule has 1 N–H and O–H groups in total. The van der Waals surface area contributed by atoms with Gasteiger partial charge in [-0.25, -0.2) is 0 Å². The first-order chi connectivity index (χ1) is 15.9. The molecule has 1 amide bonds. The molecule has 0 bridgehead atoms. The third-order valence-corrected chi connectivity index (χ3v) is 5.90. The molecule has 4 rings (SSSR count). The van der Waals surface area contributed by atoms with Crippen molar-refractivity contribution in [2.75, 3.05) is 7.11 Å². The Labute approximate surface area is 193 Å². The number of methoxy groups -OCH3 is 1. The number of carbonyl (C=O) groups is 2. The molecule has 6 heteroatoms. The number of likely N-dealkylation sites (tertiary alicyclic amines) is 1. The number of amides is 1. The number of hydrogen-bond acceptors (Lipinski definition) is 5. The van der Waals surface area contributed by atoms with Crippen LogP contribution in [0.4, 0.5) is 0 Å². The number of carbonyl (C=O) groups excluding carboxylic acids is 2. The smallest absolute Gasteiger partial charge is 0.295 e. The number of ether oxygens (including phenoxy) is 1. The van der Waals surface area contributed by atoms with E-state index in [4.69, 9.17) is 4.74 Å². The van der Waals surface area contributed by atoms with Crippen LogP contribution in [0.15, 0.2) is 78.6 Å². The van der Waals surface area contributed by atoms with Crippen LogP contribution < -0.4 is 4.74 Å². The first-order valence-corrected chi connectivity index (χ1v) is 10.8. The summed E-state index contributed by atoms with van der Waals surface area (Å²) >= 11 is 0. The average molecular weight is 443 g/mol. The number of ketones is 1. The zero-order valence-electron chi connectivity index (χ0n) is 18.9. The lowest BCUT2D eigenvalue weighted by atomic mass is 9.93. The van der Waals surface area contributed by atoms with Gasteiger partial charge < -0.3 is 14.7 Å². The highest BCUT2D eigenvalue weighted by atomic mass is 16.5. The second-order valence-electron chi connectivity index (χ2n) is 8.31. The molecule has 1 unspecified atom stereocenters. The van der Waals surface area contributed by atoms with Crippen LogP contribution >= 0.6 is 0 Å². The van der Waals surface area contributed by atoms with Crippen LogP contribution in [0.3, 0.4) is 0 Å². The monoisotopic (exact) mass is 442 g/mol. The van der Waals surface area contributed by atoms with Gasteiger partial charge in [0.05, 0.1) is 24.3 Å². The summed E-state index contributed by atoms with van der Waals surface area (Å²) in [4.78, 5) is 32.0. The lowest BCUT2D eigenvalue weighted by Gasteiger charge is -2.26. The molecule has 1 atom stereocenters. The predicted molar refractivity (Wildman–Crippen MR) is 126 cm³/mol. The largest absolute Gasteiger partial charge is 0.507 e. The van der Waals surface area contributed by atoms with Gasteiger partial charge in [-0.1, -0.05) is 56.3 Å². The minimum atomic E-state index is -0.740. The maximum absolute atomic E-state index is 13.2. The third kappa shape index (κ3) is 4.24. The molecule has 2 aromatic carbocycles. The summed E-state index contributed by atoms with van der Waals surface area (Å²) in [5.74, 6) is -0.873. The quantitative estimate of drug-likeness (QED) is 0.336. The number of aliphatic hydroxyl groups is 1. The Kier molecular flexibility index (Phi) is 6.27. The highest BCUT2D eigenvalue weighted by Gasteiger charge is 2.46. The first-order valence-electron chi connectivity index (χ1n) is 10.8. The van der Waals surface area contributed by atoms with Crippen molar-refractivity contribution in [3.05, 3.63) is 101 Å². The van der Waals surface area contributed by atoms with E-state index in [1.54, 1.807) is 42.7 Å².